The molecule has 1 fully saturated rings. The molecule has 5 heteroatoms. The van der Waals surface area contributed by atoms with E-state index < -0.39 is 0 Å². The molecule has 2 aromatic rings. The van der Waals surface area contributed by atoms with Crippen LogP contribution in [0.1, 0.15) is 36.8 Å². The van der Waals surface area contributed by atoms with E-state index in [1.54, 1.807) is 17.3 Å². The van der Waals surface area contributed by atoms with Crippen molar-refractivity contribution in [2.75, 3.05) is 13.6 Å². The lowest BCUT2D eigenvalue weighted by molar-refractivity contribution is 0.0502. The average molecular weight is 314 g/mol. The molecule has 0 radical (unpaired) electrons. The van der Waals surface area contributed by atoms with Crippen LogP contribution in [0.3, 0.4) is 0 Å². The molecule has 1 saturated carbocycles. The van der Waals surface area contributed by atoms with E-state index in [0.29, 0.717) is 5.92 Å². The number of aliphatic hydroxyl groups excluding tert-OH is 1. The largest absolute Gasteiger partial charge is 0.393 e. The Balaban J connectivity index is 1.62. The fourth-order valence-corrected chi connectivity index (χ4v) is 3.58. The number of aromatic nitrogens is 3. The average Bonchev–Trinajstić information content (AvgIpc) is 3.04. The van der Waals surface area contributed by atoms with Gasteiger partial charge in [0.25, 0.3) is 0 Å². The van der Waals surface area contributed by atoms with Gasteiger partial charge >= 0.3 is 0 Å². The molecule has 1 N–H and O–H groups in total. The second kappa shape index (κ2) is 7.23. The number of nitrogens with zero attached hydrogens (tertiary/aromatic N) is 4. The van der Waals surface area contributed by atoms with Crippen LogP contribution in [0.25, 0.3) is 5.69 Å². The van der Waals surface area contributed by atoms with E-state index in [1.807, 2.05) is 0 Å². The highest BCUT2D eigenvalue weighted by Crippen LogP contribution is 2.25. The molecule has 0 aliphatic heterocycles. The van der Waals surface area contributed by atoms with E-state index >= 15 is 0 Å². The standard InChI is InChI=1S/C18H26N4O/c1-14-9-15(7-8-17(14)22-13-19-12-20-22)10-21(2)11-16-5-3-4-6-18(16)23/h7-9,12-13,16,18,23H,3-6,10-11H2,1-2H3. The van der Waals surface area contributed by atoms with Gasteiger partial charge in [-0.25, -0.2) is 9.67 Å². The third kappa shape index (κ3) is 3.98. The lowest BCUT2D eigenvalue weighted by atomic mass is 9.86. The summed E-state index contributed by atoms with van der Waals surface area (Å²) in [5, 5.41) is 14.3. The summed E-state index contributed by atoms with van der Waals surface area (Å²) in [6.45, 7) is 3.97. The van der Waals surface area contributed by atoms with Gasteiger partial charge in [0.2, 0.25) is 0 Å². The SMILES string of the molecule is Cc1cc(CN(C)CC2CCCCC2O)ccc1-n1cncn1. The third-order valence-corrected chi connectivity index (χ3v) is 4.79. The Morgan fingerprint density at radius 3 is 2.83 bits per heavy atom. The van der Waals surface area contributed by atoms with Gasteiger partial charge in [-0.1, -0.05) is 25.0 Å². The fraction of sp³-hybridized carbons (Fsp3) is 0.556. The van der Waals surface area contributed by atoms with Gasteiger partial charge < -0.3 is 10.0 Å². The van der Waals surface area contributed by atoms with Crippen LogP contribution in [0.15, 0.2) is 30.9 Å². The summed E-state index contributed by atoms with van der Waals surface area (Å²) >= 11 is 0. The van der Waals surface area contributed by atoms with Gasteiger partial charge in [0, 0.05) is 13.1 Å². The molecular weight excluding hydrogens is 288 g/mol. The second-order valence-corrected chi connectivity index (χ2v) is 6.77. The molecule has 1 aliphatic carbocycles. The van der Waals surface area contributed by atoms with Crippen molar-refractivity contribution in [3.05, 3.63) is 42.0 Å². The third-order valence-electron chi connectivity index (χ3n) is 4.79. The molecule has 1 aliphatic rings. The van der Waals surface area contributed by atoms with Crippen molar-refractivity contribution >= 4 is 0 Å². The molecule has 124 valence electrons. The molecule has 5 nitrogen and oxygen atoms in total. The van der Waals surface area contributed by atoms with Crippen LogP contribution < -0.4 is 0 Å². The molecule has 1 aromatic heterocycles. The Bertz CT molecular complexity index is 626. The van der Waals surface area contributed by atoms with E-state index in [2.05, 4.69) is 47.2 Å². The quantitative estimate of drug-likeness (QED) is 0.921. The van der Waals surface area contributed by atoms with Crippen LogP contribution in [0, 0.1) is 12.8 Å². The molecule has 0 saturated heterocycles. The Kier molecular flexibility index (Phi) is 5.08. The maximum absolute atomic E-state index is 10.1. The molecule has 1 aromatic carbocycles. The van der Waals surface area contributed by atoms with Crippen molar-refractivity contribution in [3.63, 3.8) is 0 Å². The number of aliphatic hydroxyl groups is 1. The van der Waals surface area contributed by atoms with Crippen molar-refractivity contribution in [3.8, 4) is 5.69 Å². The first-order chi connectivity index (χ1) is 11.1. The van der Waals surface area contributed by atoms with Crippen molar-refractivity contribution in [1.82, 2.24) is 19.7 Å². The van der Waals surface area contributed by atoms with E-state index in [4.69, 9.17) is 0 Å². The summed E-state index contributed by atoms with van der Waals surface area (Å²) in [5.74, 6) is 0.421. The molecule has 0 bridgehead atoms. The first-order valence-electron chi connectivity index (χ1n) is 8.44. The maximum Gasteiger partial charge on any atom is 0.138 e. The first-order valence-corrected chi connectivity index (χ1v) is 8.44. The van der Waals surface area contributed by atoms with Gasteiger partial charge in [-0.05, 0) is 49.9 Å². The molecule has 1 heterocycles. The monoisotopic (exact) mass is 314 g/mol. The van der Waals surface area contributed by atoms with E-state index in [1.165, 1.54) is 24.0 Å². The predicted molar refractivity (Wildman–Crippen MR) is 90.4 cm³/mol. The van der Waals surface area contributed by atoms with Gasteiger partial charge in [0.05, 0.1) is 11.8 Å². The maximum atomic E-state index is 10.1. The van der Waals surface area contributed by atoms with Gasteiger partial charge in [0.15, 0.2) is 0 Å². The predicted octanol–water partition coefficient (Wildman–Crippen LogP) is 2.56. The summed E-state index contributed by atoms with van der Waals surface area (Å²) in [7, 11) is 2.14. The Morgan fingerprint density at radius 1 is 1.30 bits per heavy atom. The smallest absolute Gasteiger partial charge is 0.138 e. The van der Waals surface area contributed by atoms with Crippen molar-refractivity contribution < 1.29 is 5.11 Å². The van der Waals surface area contributed by atoms with Crippen LogP contribution in [0.2, 0.25) is 0 Å². The minimum Gasteiger partial charge on any atom is -0.393 e. The normalized spacial score (nSPS) is 21.7. The van der Waals surface area contributed by atoms with Crippen LogP contribution in [-0.4, -0.2) is 44.5 Å². The zero-order chi connectivity index (χ0) is 16.2. The Labute approximate surface area is 138 Å². The second-order valence-electron chi connectivity index (χ2n) is 6.77. The topological polar surface area (TPSA) is 54.2 Å². The van der Waals surface area contributed by atoms with Crippen LogP contribution in [-0.2, 0) is 6.54 Å². The van der Waals surface area contributed by atoms with Crippen LogP contribution in [0.4, 0.5) is 0 Å². The lowest BCUT2D eigenvalue weighted by Gasteiger charge is -2.31. The molecule has 23 heavy (non-hydrogen) atoms. The minimum absolute atomic E-state index is 0.123. The van der Waals surface area contributed by atoms with Gasteiger partial charge in [-0.2, -0.15) is 5.10 Å². The highest BCUT2D eigenvalue weighted by Gasteiger charge is 2.24. The molecule has 2 atom stereocenters. The highest BCUT2D eigenvalue weighted by molar-refractivity contribution is 5.41. The van der Waals surface area contributed by atoms with Gasteiger partial charge in [0.1, 0.15) is 12.7 Å². The molecule has 0 spiro atoms. The minimum atomic E-state index is -0.123. The molecular formula is C18H26N4O. The van der Waals surface area contributed by atoms with Gasteiger partial charge in [-0.15, -0.1) is 0 Å². The lowest BCUT2D eigenvalue weighted by Crippen LogP contribution is -2.34. The van der Waals surface area contributed by atoms with Crippen LogP contribution in [0.5, 0.6) is 0 Å². The molecule has 0 amide bonds. The summed E-state index contributed by atoms with van der Waals surface area (Å²) in [4.78, 5) is 6.33. The number of hydrogen-bond donors (Lipinski definition) is 1. The van der Waals surface area contributed by atoms with Crippen molar-refractivity contribution in [1.29, 1.82) is 0 Å². The highest BCUT2D eigenvalue weighted by atomic mass is 16.3. The number of hydrogen-bond acceptors (Lipinski definition) is 4. The zero-order valence-corrected chi connectivity index (χ0v) is 14.0. The summed E-state index contributed by atoms with van der Waals surface area (Å²) in [6.07, 6.45) is 7.68. The number of benzene rings is 1. The fourth-order valence-electron chi connectivity index (χ4n) is 3.58. The number of aryl methyl sites for hydroxylation is 1. The van der Waals surface area contributed by atoms with Crippen molar-refractivity contribution in [2.24, 2.45) is 5.92 Å². The Morgan fingerprint density at radius 2 is 2.13 bits per heavy atom. The Hall–Kier alpha value is -1.72. The van der Waals surface area contributed by atoms with Crippen LogP contribution >= 0.6 is 0 Å². The first kappa shape index (κ1) is 16.1. The molecule has 2 unspecified atom stereocenters. The zero-order valence-electron chi connectivity index (χ0n) is 14.0. The number of rotatable bonds is 5. The van der Waals surface area contributed by atoms with E-state index in [0.717, 1.165) is 31.6 Å². The van der Waals surface area contributed by atoms with E-state index in [9.17, 15) is 5.11 Å². The molecule has 3 rings (SSSR count). The summed E-state index contributed by atoms with van der Waals surface area (Å²) < 4.78 is 1.79. The summed E-state index contributed by atoms with van der Waals surface area (Å²) in [5.41, 5.74) is 3.55. The van der Waals surface area contributed by atoms with Gasteiger partial charge in [-0.3, -0.25) is 0 Å². The van der Waals surface area contributed by atoms with Crippen molar-refractivity contribution in [2.45, 2.75) is 45.3 Å². The van der Waals surface area contributed by atoms with E-state index in [-0.39, 0.29) is 6.10 Å². The summed E-state index contributed by atoms with van der Waals surface area (Å²) in [6, 6.07) is 6.46.